The lowest BCUT2D eigenvalue weighted by molar-refractivity contribution is -0.149. The molecule has 33 nitrogen and oxygen atoms in total. The van der Waals surface area contributed by atoms with E-state index in [9.17, 15) is 81.5 Å². The molecule has 5 aliphatic heterocycles. The van der Waals surface area contributed by atoms with Gasteiger partial charge in [-0.05, 0) is 253 Å². The van der Waals surface area contributed by atoms with Gasteiger partial charge >= 0.3 is 59.7 Å². The van der Waals surface area contributed by atoms with Gasteiger partial charge in [0.15, 0.2) is 28.9 Å². The summed E-state index contributed by atoms with van der Waals surface area (Å²) >= 11 is 0. The summed E-state index contributed by atoms with van der Waals surface area (Å²) in [5.41, 5.74) is 4.82. The first kappa shape index (κ1) is 121. The number of halogens is 1. The summed E-state index contributed by atoms with van der Waals surface area (Å²) < 4.78 is 54.5. The smallest absolute Gasteiger partial charge is 0.338 e. The molecule has 0 aromatic heterocycles. The standard InChI is InChI=1S/C28H36NO5.C20H26O7.C20H24O7.C20H26O6.C20H24O6.HI.H2O/c1-19(2)8-7-9-20(3)16-25-28(18-26(31)34-25)17-23(14-15-24(28)30)33-27(32)21-10-12-22(13-11-21)29(4,5)6;2*1-13(4-3-5-15(11-21)12-22)8-18-20(10-19(25)27-18)9-16(26-14(2)23)6-7-17(20)24;2*1-13(5-4-6-14(2)12-21)9-18-20(11-19(24)26-18)10-16(25-15(3)22)7-8-17(20)23;;/h8,10-16,23,25H,7,9,17-18H2,1-6H3;5-8,16,18,21-22H,3-4,9-12H2,1-2H3;5-8,11,16,18,22H,3-4,9-10,12H2,1-2H3;6-9,16,18,21H,4-5,10-12H2,1-3H3;6-9,12,16,18H,4-5,10-11H2,1-3H3;1H;1H2/q+1;;;;;;/p-1/b20-16+;13-8+;13-8+,15-5-;2*13-9+,14-6+;;/t23-,25-,28?;4*16-,18-,20?;;/m11111../s1. The van der Waals surface area contributed by atoms with Crippen molar-refractivity contribution in [1.29, 1.82) is 0 Å². The molecule has 774 valence electrons. The van der Waals surface area contributed by atoms with E-state index in [1.807, 2.05) is 78.0 Å². The Morgan fingerprint density at radius 3 is 0.866 bits per heavy atom. The largest absolute Gasteiger partial charge is 1.00 e. The van der Waals surface area contributed by atoms with Crippen LogP contribution in [0.4, 0.5) is 5.69 Å². The van der Waals surface area contributed by atoms with Gasteiger partial charge in [0.1, 0.15) is 79.3 Å². The van der Waals surface area contributed by atoms with Gasteiger partial charge in [-0.15, -0.1) is 0 Å². The molecule has 0 radical (unpaired) electrons. The van der Waals surface area contributed by atoms with E-state index in [1.54, 1.807) is 73.7 Å². The van der Waals surface area contributed by atoms with Crippen LogP contribution in [-0.2, 0) is 124 Å². The molecule has 34 heteroatoms. The fourth-order valence-electron chi connectivity index (χ4n) is 18.1. The number of hydrogen-bond acceptors (Lipinski definition) is 31. The number of benzene rings is 1. The second-order valence-electron chi connectivity index (χ2n) is 38.5. The number of rotatable bonds is 33. The second kappa shape index (κ2) is 55.7. The molecule has 1 aromatic carbocycles. The third-order valence-electron chi connectivity index (χ3n) is 25.7. The maximum Gasteiger partial charge on any atom is 0.338 e. The second-order valence-corrected chi connectivity index (χ2v) is 38.5. The first-order valence-electron chi connectivity index (χ1n) is 47.0. The first-order valence-corrected chi connectivity index (χ1v) is 47.0. The minimum absolute atomic E-state index is 0. The van der Waals surface area contributed by atoms with E-state index in [4.69, 9.17) is 67.8 Å². The Hall–Kier alpha value is -11.8. The number of aliphatic hydroxyl groups is 4. The molecular formula is C108H138INO32. The van der Waals surface area contributed by atoms with Crippen LogP contribution in [0.5, 0.6) is 0 Å². The number of quaternary nitrogens is 1. The lowest BCUT2D eigenvalue weighted by Crippen LogP contribution is -3.00. The molecule has 5 fully saturated rings. The highest BCUT2D eigenvalue weighted by molar-refractivity contribution is 6.04. The fraction of sp³-hybridized carbons (Fsp3) is 0.509. The molecule has 5 spiro atoms. The molecule has 1 aromatic rings. The third kappa shape index (κ3) is 34.5. The zero-order valence-corrected chi connectivity index (χ0v) is 86.0. The predicted octanol–water partition coefficient (Wildman–Crippen LogP) is 9.13. The number of aldehydes is 2. The summed E-state index contributed by atoms with van der Waals surface area (Å²) in [5.74, 6) is -5.30. The summed E-state index contributed by atoms with van der Waals surface area (Å²) in [7, 11) is 6.15. The molecule has 0 amide bonds. The van der Waals surface area contributed by atoms with Gasteiger partial charge in [0.2, 0.25) is 0 Å². The van der Waals surface area contributed by atoms with E-state index in [2.05, 4.69) is 41.1 Å². The van der Waals surface area contributed by atoms with Crippen LogP contribution in [0.2, 0.25) is 0 Å². The zero-order valence-electron chi connectivity index (χ0n) is 83.9. The average Bonchev–Trinajstić information content (AvgIpc) is 1.62. The van der Waals surface area contributed by atoms with Crippen LogP contribution in [0.25, 0.3) is 0 Å². The summed E-state index contributed by atoms with van der Waals surface area (Å²) in [4.78, 5) is 203. The number of ether oxygens (including phenoxy) is 10. The van der Waals surface area contributed by atoms with Crippen molar-refractivity contribution < 1.29 is 179 Å². The number of carbonyl (C=O) groups is 17. The van der Waals surface area contributed by atoms with Crippen molar-refractivity contribution >= 4 is 107 Å². The van der Waals surface area contributed by atoms with E-state index >= 15 is 0 Å². The summed E-state index contributed by atoms with van der Waals surface area (Å²) in [6.07, 6.45) is 36.2. The average molecular weight is 2090 g/mol. The molecule has 5 unspecified atom stereocenters. The van der Waals surface area contributed by atoms with Gasteiger partial charge in [-0.25, -0.2) is 4.79 Å². The highest BCUT2D eigenvalue weighted by Gasteiger charge is 2.60. The topological polar surface area (TPSA) is 495 Å². The van der Waals surface area contributed by atoms with E-state index in [0.29, 0.717) is 71.6 Å². The lowest BCUT2D eigenvalue weighted by Gasteiger charge is -2.34. The van der Waals surface area contributed by atoms with Crippen molar-refractivity contribution in [3.05, 3.63) is 207 Å². The van der Waals surface area contributed by atoms with Crippen molar-refractivity contribution in [2.75, 3.05) is 47.6 Å². The molecule has 5 saturated heterocycles. The fourth-order valence-corrected chi connectivity index (χ4v) is 18.1. The highest BCUT2D eigenvalue weighted by Crippen LogP contribution is 2.51. The maximum absolute atomic E-state index is 13.0. The predicted molar refractivity (Wildman–Crippen MR) is 518 cm³/mol. The number of nitrogens with zero attached hydrogens (tertiary/aromatic N) is 1. The van der Waals surface area contributed by atoms with Crippen LogP contribution < -0.4 is 28.5 Å². The van der Waals surface area contributed by atoms with Crippen LogP contribution in [0.1, 0.15) is 229 Å². The molecule has 0 bridgehead atoms. The van der Waals surface area contributed by atoms with Crippen LogP contribution in [-0.4, -0.2) is 236 Å². The summed E-state index contributed by atoms with van der Waals surface area (Å²) in [6.45, 7) is 21.8. The normalized spacial score (nSPS) is 27.3. The molecule has 11 rings (SSSR count). The molecule has 15 atom stereocenters. The Kier molecular flexibility index (Phi) is 47.4. The van der Waals surface area contributed by atoms with Gasteiger partial charge in [0.25, 0.3) is 0 Å². The summed E-state index contributed by atoms with van der Waals surface area (Å²) in [6, 6.07) is 7.30. The SMILES string of the molecule is CC(=O)O[C@@H]1C=CC(=O)C2(CC(=O)O[C@@H]2/C=C(\C)CC/C=C(/C=O)CO)C1.CC(=O)O[C@@H]1C=CC(=O)C2(CC(=O)O[C@@H]2/C=C(\C)CC/C=C(\C)C=O)C1.CC(=O)O[C@@H]1C=CC(=O)C2(CC(=O)O[C@@H]2/C=C(\C)CC/C=C(\C)CO)C1.CC(=O)O[C@@H]1C=CC(=O)C2(CC(=O)O[C@@H]2/C=C(\C)CCC=C(CO)CO)C1.CC(C)=CCC/C(C)=C/[C@H]1OC(=O)CC12C[C@H](OC(=O)c1ccc([N+](C)(C)C)cc1)C=CC2=O.O.[I-]. The Morgan fingerprint density at radius 2 is 0.620 bits per heavy atom. The minimum Gasteiger partial charge on any atom is -1.00 e. The minimum atomic E-state index is -1.07. The number of allylic oxidation sites excluding steroid dienone is 17. The maximum atomic E-state index is 13.0. The van der Waals surface area contributed by atoms with Gasteiger partial charge < -0.3 is 97.2 Å². The van der Waals surface area contributed by atoms with Crippen molar-refractivity contribution in [1.82, 2.24) is 4.48 Å². The molecule has 5 heterocycles. The third-order valence-corrected chi connectivity index (χ3v) is 25.7. The molecule has 6 N–H and O–H groups in total. The summed E-state index contributed by atoms with van der Waals surface area (Å²) in [5, 5.41) is 36.1. The van der Waals surface area contributed by atoms with Gasteiger partial charge in [0.05, 0.1) is 112 Å². The van der Waals surface area contributed by atoms with E-state index in [1.165, 1.54) is 69.7 Å². The zero-order chi connectivity index (χ0) is 104. The number of hydrogen-bond donors (Lipinski definition) is 4. The number of esters is 10. The van der Waals surface area contributed by atoms with Crippen molar-refractivity contribution in [3.63, 3.8) is 0 Å². The van der Waals surface area contributed by atoms with Gasteiger partial charge in [0, 0.05) is 65.4 Å². The van der Waals surface area contributed by atoms with E-state index < -0.39 is 148 Å². The molecule has 10 aliphatic rings. The van der Waals surface area contributed by atoms with E-state index in [-0.39, 0.29) is 149 Å². The van der Waals surface area contributed by atoms with Gasteiger partial charge in [-0.1, -0.05) is 69.4 Å². The Labute approximate surface area is 846 Å². The van der Waals surface area contributed by atoms with Crippen molar-refractivity contribution in [2.45, 2.75) is 279 Å². The van der Waals surface area contributed by atoms with Crippen LogP contribution in [0.3, 0.4) is 0 Å². The Balaban J connectivity index is 0.000000313. The van der Waals surface area contributed by atoms with Gasteiger partial charge in [-0.3, -0.25) is 81.2 Å². The van der Waals surface area contributed by atoms with Crippen molar-refractivity contribution in [3.8, 4) is 0 Å². The monoisotopic (exact) mass is 2090 g/mol. The molecule has 0 saturated carbocycles. The first-order chi connectivity index (χ1) is 66.0. The van der Waals surface area contributed by atoms with Crippen LogP contribution in [0, 0.1) is 27.1 Å². The highest BCUT2D eigenvalue weighted by atomic mass is 127. The number of cyclic esters (lactones) is 5. The molecule has 142 heavy (non-hydrogen) atoms. The van der Waals surface area contributed by atoms with E-state index in [0.717, 1.165) is 71.1 Å². The molecule has 5 aliphatic carbocycles. The Morgan fingerprint density at radius 1 is 0.352 bits per heavy atom. The van der Waals surface area contributed by atoms with Crippen LogP contribution in [0.15, 0.2) is 202 Å². The quantitative estimate of drug-likeness (QED) is 0.00968. The molecular weight excluding hydrogens is 1950 g/mol. The Bertz CT molecular complexity index is 5310. The number of ketones is 5. The number of carbonyl (C=O) groups excluding carboxylic acids is 17. The van der Waals surface area contributed by atoms with Crippen molar-refractivity contribution in [2.24, 2.45) is 27.1 Å². The van der Waals surface area contributed by atoms with Gasteiger partial charge in [-0.2, -0.15) is 0 Å². The number of aliphatic hydroxyl groups excluding tert-OH is 4. The lowest BCUT2D eigenvalue weighted by atomic mass is 9.69. The van der Waals surface area contributed by atoms with Crippen LogP contribution >= 0.6 is 0 Å².